The minimum absolute atomic E-state index is 0.217. The largest absolute Gasteiger partial charge is 0.322 e. The molecule has 0 radical (unpaired) electrons. The summed E-state index contributed by atoms with van der Waals surface area (Å²) >= 11 is 0. The number of hydrogen-bond acceptors (Lipinski definition) is 3. The van der Waals surface area contributed by atoms with Gasteiger partial charge in [0.05, 0.1) is 17.9 Å². The van der Waals surface area contributed by atoms with Crippen LogP contribution in [-0.2, 0) is 11.3 Å². The maximum atomic E-state index is 11.5. The first-order valence-corrected chi connectivity index (χ1v) is 4.87. The Labute approximate surface area is 89.0 Å². The lowest BCUT2D eigenvalue weighted by atomic mass is 10.2. The Kier molecular flexibility index (Phi) is 4.05. The summed E-state index contributed by atoms with van der Waals surface area (Å²) in [7, 11) is 0. The number of aryl methyl sites for hydroxylation is 1. The highest BCUT2D eigenvalue weighted by Crippen LogP contribution is 2.05. The molecule has 0 spiro atoms. The lowest BCUT2D eigenvalue weighted by molar-refractivity contribution is -0.117. The summed E-state index contributed by atoms with van der Waals surface area (Å²) in [5.74, 6) is -0.217. The molecule has 0 fully saturated rings. The predicted molar refractivity (Wildman–Crippen MR) is 59.3 cm³/mol. The fourth-order valence-corrected chi connectivity index (χ4v) is 1.12. The number of aromatic nitrogens is 2. The topological polar surface area (TPSA) is 72.9 Å². The molecule has 0 saturated heterocycles. The van der Waals surface area contributed by atoms with Crippen LogP contribution in [0.25, 0.3) is 0 Å². The number of nitrogens with one attached hydrogen (secondary N) is 1. The van der Waals surface area contributed by atoms with E-state index >= 15 is 0 Å². The number of rotatable bonds is 5. The van der Waals surface area contributed by atoms with Gasteiger partial charge in [-0.3, -0.25) is 9.48 Å². The number of nitrogens with two attached hydrogens (primary N) is 1. The average molecular weight is 208 g/mol. The molecule has 5 heteroatoms. The molecule has 1 atom stereocenters. The van der Waals surface area contributed by atoms with Gasteiger partial charge in [0.2, 0.25) is 5.91 Å². The highest BCUT2D eigenvalue weighted by molar-refractivity contribution is 5.94. The summed E-state index contributed by atoms with van der Waals surface area (Å²) < 4.78 is 1.73. The Morgan fingerprint density at radius 2 is 2.60 bits per heavy atom. The van der Waals surface area contributed by atoms with E-state index in [-0.39, 0.29) is 5.91 Å². The fourth-order valence-electron chi connectivity index (χ4n) is 1.12. The predicted octanol–water partition coefficient (Wildman–Crippen LogP) is 0.745. The second-order valence-electron chi connectivity index (χ2n) is 3.20. The van der Waals surface area contributed by atoms with Crippen LogP contribution in [0, 0.1) is 0 Å². The van der Waals surface area contributed by atoms with Crippen molar-refractivity contribution < 1.29 is 4.79 Å². The molecule has 1 aromatic heterocycles. The summed E-state index contributed by atoms with van der Waals surface area (Å²) in [5, 5.41) is 6.72. The van der Waals surface area contributed by atoms with E-state index in [2.05, 4.69) is 17.0 Å². The van der Waals surface area contributed by atoms with Crippen molar-refractivity contribution in [3.63, 3.8) is 0 Å². The maximum Gasteiger partial charge on any atom is 0.241 e. The van der Waals surface area contributed by atoms with Gasteiger partial charge in [-0.05, 0) is 13.3 Å². The smallest absolute Gasteiger partial charge is 0.241 e. The van der Waals surface area contributed by atoms with Crippen molar-refractivity contribution in [1.29, 1.82) is 0 Å². The molecule has 5 nitrogen and oxygen atoms in total. The van der Waals surface area contributed by atoms with Crippen molar-refractivity contribution in [3.8, 4) is 0 Å². The molecule has 3 N–H and O–H groups in total. The van der Waals surface area contributed by atoms with Gasteiger partial charge in [-0.15, -0.1) is 6.58 Å². The van der Waals surface area contributed by atoms with Gasteiger partial charge < -0.3 is 11.1 Å². The first-order chi connectivity index (χ1) is 7.17. The minimum atomic E-state index is -0.549. The summed E-state index contributed by atoms with van der Waals surface area (Å²) in [6.07, 6.45) is 5.45. The Morgan fingerprint density at radius 3 is 3.13 bits per heavy atom. The number of anilines is 1. The standard InChI is InChI=1S/C10H16N4O/c1-3-5-9(11)10(15)13-8-6-12-14(4-2)7-8/h3,6-7,9H,1,4-5,11H2,2H3,(H,13,15). The Bertz CT molecular complexity index is 345. The molecule has 1 rings (SSSR count). The maximum absolute atomic E-state index is 11.5. The number of nitrogens with zero attached hydrogens (tertiary/aromatic N) is 2. The first-order valence-electron chi connectivity index (χ1n) is 4.87. The zero-order valence-corrected chi connectivity index (χ0v) is 8.81. The Hall–Kier alpha value is -1.62. The summed E-state index contributed by atoms with van der Waals surface area (Å²) in [6, 6.07) is -0.549. The fraction of sp³-hybridized carbons (Fsp3) is 0.400. The molecular formula is C10H16N4O. The Balaban J connectivity index is 2.53. The quantitative estimate of drug-likeness (QED) is 0.701. The van der Waals surface area contributed by atoms with Crippen LogP contribution in [0.3, 0.4) is 0 Å². The minimum Gasteiger partial charge on any atom is -0.322 e. The van der Waals surface area contributed by atoms with E-state index in [0.29, 0.717) is 12.1 Å². The zero-order valence-electron chi connectivity index (χ0n) is 8.81. The summed E-state index contributed by atoms with van der Waals surface area (Å²) in [5.41, 5.74) is 6.27. The lowest BCUT2D eigenvalue weighted by Gasteiger charge is -2.07. The molecule has 1 aromatic rings. The van der Waals surface area contributed by atoms with Gasteiger partial charge in [0.25, 0.3) is 0 Å². The third kappa shape index (κ3) is 3.21. The molecular weight excluding hydrogens is 192 g/mol. The van der Waals surface area contributed by atoms with Crippen LogP contribution in [0.2, 0.25) is 0 Å². The second-order valence-corrected chi connectivity index (χ2v) is 3.20. The molecule has 82 valence electrons. The molecule has 0 aliphatic carbocycles. The van der Waals surface area contributed by atoms with Gasteiger partial charge in [0.15, 0.2) is 0 Å². The molecule has 0 aromatic carbocycles. The van der Waals surface area contributed by atoms with Crippen LogP contribution in [0.5, 0.6) is 0 Å². The van der Waals surface area contributed by atoms with E-state index in [1.807, 2.05) is 6.92 Å². The zero-order chi connectivity index (χ0) is 11.3. The van der Waals surface area contributed by atoms with Crippen molar-refractivity contribution in [2.45, 2.75) is 25.9 Å². The molecule has 1 heterocycles. The second kappa shape index (κ2) is 5.31. The van der Waals surface area contributed by atoms with Gasteiger partial charge >= 0.3 is 0 Å². The molecule has 1 unspecified atom stereocenters. The van der Waals surface area contributed by atoms with Crippen LogP contribution in [-0.4, -0.2) is 21.7 Å². The third-order valence-electron chi connectivity index (χ3n) is 1.98. The van der Waals surface area contributed by atoms with E-state index in [1.165, 1.54) is 0 Å². The first kappa shape index (κ1) is 11.5. The van der Waals surface area contributed by atoms with Crippen LogP contribution in [0.1, 0.15) is 13.3 Å². The van der Waals surface area contributed by atoms with E-state index in [0.717, 1.165) is 6.54 Å². The average Bonchev–Trinajstić information content (AvgIpc) is 2.66. The highest BCUT2D eigenvalue weighted by atomic mass is 16.2. The van der Waals surface area contributed by atoms with E-state index in [4.69, 9.17) is 5.73 Å². The molecule has 1 amide bonds. The van der Waals surface area contributed by atoms with Gasteiger partial charge in [-0.25, -0.2) is 0 Å². The normalized spacial score (nSPS) is 12.1. The van der Waals surface area contributed by atoms with Crippen LogP contribution in [0.4, 0.5) is 5.69 Å². The van der Waals surface area contributed by atoms with Crippen molar-refractivity contribution in [2.24, 2.45) is 5.73 Å². The van der Waals surface area contributed by atoms with Crippen molar-refractivity contribution in [3.05, 3.63) is 25.0 Å². The molecule has 15 heavy (non-hydrogen) atoms. The van der Waals surface area contributed by atoms with Crippen LogP contribution >= 0.6 is 0 Å². The number of carbonyl (C=O) groups excluding carboxylic acids is 1. The Morgan fingerprint density at radius 1 is 1.87 bits per heavy atom. The molecule has 0 saturated carbocycles. The summed E-state index contributed by atoms with van der Waals surface area (Å²) in [4.78, 5) is 11.5. The SMILES string of the molecule is C=CCC(N)C(=O)Nc1cnn(CC)c1. The van der Waals surface area contributed by atoms with Gasteiger partial charge in [0.1, 0.15) is 0 Å². The monoisotopic (exact) mass is 208 g/mol. The summed E-state index contributed by atoms with van der Waals surface area (Å²) in [6.45, 7) is 6.28. The molecule has 0 aliphatic rings. The van der Waals surface area contributed by atoms with Gasteiger partial charge in [0, 0.05) is 12.7 Å². The van der Waals surface area contributed by atoms with E-state index in [9.17, 15) is 4.79 Å². The number of carbonyl (C=O) groups is 1. The van der Waals surface area contributed by atoms with Crippen molar-refractivity contribution in [2.75, 3.05) is 5.32 Å². The molecule has 0 aliphatic heterocycles. The highest BCUT2D eigenvalue weighted by Gasteiger charge is 2.12. The van der Waals surface area contributed by atoms with Crippen LogP contribution in [0.15, 0.2) is 25.0 Å². The van der Waals surface area contributed by atoms with Crippen LogP contribution < -0.4 is 11.1 Å². The van der Waals surface area contributed by atoms with Gasteiger partial charge in [-0.2, -0.15) is 5.10 Å². The van der Waals surface area contributed by atoms with Crippen molar-refractivity contribution >= 4 is 11.6 Å². The number of hydrogen-bond donors (Lipinski definition) is 2. The van der Waals surface area contributed by atoms with E-state index < -0.39 is 6.04 Å². The molecule has 0 bridgehead atoms. The lowest BCUT2D eigenvalue weighted by Crippen LogP contribution is -2.34. The van der Waals surface area contributed by atoms with Crippen molar-refractivity contribution in [1.82, 2.24) is 9.78 Å². The van der Waals surface area contributed by atoms with Gasteiger partial charge in [-0.1, -0.05) is 6.08 Å². The third-order valence-corrected chi connectivity index (χ3v) is 1.98. The van der Waals surface area contributed by atoms with E-state index in [1.54, 1.807) is 23.2 Å². The number of amides is 1.